The molecule has 0 aliphatic heterocycles. The molecule has 1 aromatic heterocycles. The molecule has 1 heterocycles. The Bertz CT molecular complexity index is 427. The molecule has 0 saturated heterocycles. The third-order valence-corrected chi connectivity index (χ3v) is 3.76. The first-order valence-corrected chi connectivity index (χ1v) is 7.36. The van der Waals surface area contributed by atoms with Gasteiger partial charge >= 0.3 is 0 Å². The van der Waals surface area contributed by atoms with Gasteiger partial charge in [-0.15, -0.1) is 0 Å². The number of rotatable bonds is 2. The summed E-state index contributed by atoms with van der Waals surface area (Å²) in [5, 5.41) is 4.22. The van der Waals surface area contributed by atoms with Gasteiger partial charge in [-0.05, 0) is 21.1 Å². The van der Waals surface area contributed by atoms with Crippen LogP contribution in [0.15, 0.2) is 41.4 Å². The number of nitrogens with zero attached hydrogens (tertiary/aromatic N) is 2. The molecule has 0 atom stereocenters. The highest BCUT2D eigenvalue weighted by Gasteiger charge is 2.07. The fourth-order valence-electron chi connectivity index (χ4n) is 1.18. The van der Waals surface area contributed by atoms with Crippen LogP contribution in [0.25, 0.3) is 5.69 Å². The molecule has 5 heteroatoms. The summed E-state index contributed by atoms with van der Waals surface area (Å²) in [7, 11) is 1.57. The van der Waals surface area contributed by atoms with Crippen molar-refractivity contribution in [2.24, 2.45) is 0 Å². The van der Waals surface area contributed by atoms with E-state index in [0.29, 0.717) is 5.82 Å². The van der Waals surface area contributed by atoms with Crippen LogP contribution in [0.5, 0.6) is 0 Å². The molecule has 2 aromatic rings. The van der Waals surface area contributed by atoms with E-state index in [2.05, 4.69) is 26.3 Å². The Morgan fingerprint density at radius 3 is 2.57 bits per heavy atom. The van der Waals surface area contributed by atoms with Crippen molar-refractivity contribution in [2.45, 2.75) is 4.90 Å². The van der Waals surface area contributed by atoms with Crippen molar-refractivity contribution in [3.8, 4) is 5.69 Å². The van der Waals surface area contributed by atoms with Gasteiger partial charge in [0, 0.05) is 21.2 Å². The van der Waals surface area contributed by atoms with Crippen molar-refractivity contribution in [3.63, 3.8) is 0 Å². The van der Waals surface area contributed by atoms with Gasteiger partial charge in [0.2, 0.25) is 0 Å². The molecular formula is C9H8IN3S. The first-order chi connectivity index (χ1) is 6.83. The van der Waals surface area contributed by atoms with Crippen molar-refractivity contribution in [2.75, 3.05) is 5.73 Å². The molecule has 0 radical (unpaired) electrons. The van der Waals surface area contributed by atoms with Crippen molar-refractivity contribution in [1.29, 1.82) is 0 Å². The summed E-state index contributed by atoms with van der Waals surface area (Å²) in [6.45, 7) is 0. The van der Waals surface area contributed by atoms with Gasteiger partial charge in [0.15, 0.2) is 0 Å². The number of anilines is 1. The van der Waals surface area contributed by atoms with Crippen LogP contribution in [-0.2, 0) is 0 Å². The summed E-state index contributed by atoms with van der Waals surface area (Å²) in [4.78, 5) is 0.995. The van der Waals surface area contributed by atoms with E-state index in [1.807, 2.05) is 30.3 Å². The maximum atomic E-state index is 5.92. The first kappa shape index (κ1) is 9.85. The van der Waals surface area contributed by atoms with Crippen LogP contribution >= 0.6 is 30.1 Å². The standard InChI is InChI=1S/C9H8IN3S/c10-14-8-6-12-13(9(8)11)7-4-2-1-3-5-7/h1-6H,11H2. The minimum absolute atomic E-state index is 0.690. The van der Waals surface area contributed by atoms with E-state index in [1.54, 1.807) is 19.8 Å². The average molecular weight is 317 g/mol. The summed E-state index contributed by atoms with van der Waals surface area (Å²) in [6.07, 6.45) is 1.78. The summed E-state index contributed by atoms with van der Waals surface area (Å²) in [5.74, 6) is 0.690. The molecule has 14 heavy (non-hydrogen) atoms. The zero-order valence-electron chi connectivity index (χ0n) is 7.22. The van der Waals surface area contributed by atoms with Gasteiger partial charge in [-0.3, -0.25) is 0 Å². The summed E-state index contributed by atoms with van der Waals surface area (Å²) in [5.41, 5.74) is 6.91. The van der Waals surface area contributed by atoms with Gasteiger partial charge in [-0.2, -0.15) is 5.10 Å². The number of hydrogen-bond acceptors (Lipinski definition) is 3. The Morgan fingerprint density at radius 1 is 1.29 bits per heavy atom. The quantitative estimate of drug-likeness (QED) is 0.866. The molecule has 0 fully saturated rings. The molecule has 0 unspecified atom stereocenters. The van der Waals surface area contributed by atoms with Crippen molar-refractivity contribution < 1.29 is 0 Å². The number of nitrogens with two attached hydrogens (primary N) is 1. The molecule has 0 amide bonds. The van der Waals surface area contributed by atoms with Crippen LogP contribution in [-0.4, -0.2) is 9.78 Å². The molecule has 1 aromatic carbocycles. The summed E-state index contributed by atoms with van der Waals surface area (Å²) >= 11 is 2.19. The van der Waals surface area contributed by atoms with Gasteiger partial charge in [-0.25, -0.2) is 4.68 Å². The monoisotopic (exact) mass is 317 g/mol. The highest BCUT2D eigenvalue weighted by Crippen LogP contribution is 2.31. The fourth-order valence-corrected chi connectivity index (χ4v) is 2.45. The van der Waals surface area contributed by atoms with Crippen molar-refractivity contribution in [3.05, 3.63) is 36.5 Å². The second kappa shape index (κ2) is 4.22. The van der Waals surface area contributed by atoms with E-state index in [4.69, 9.17) is 5.73 Å². The van der Waals surface area contributed by atoms with Gasteiger partial charge in [0.1, 0.15) is 5.82 Å². The molecule has 72 valence electrons. The second-order valence-electron chi connectivity index (χ2n) is 2.72. The zero-order valence-corrected chi connectivity index (χ0v) is 10.2. The minimum atomic E-state index is 0.690. The maximum absolute atomic E-state index is 5.92. The van der Waals surface area contributed by atoms with Crippen molar-refractivity contribution in [1.82, 2.24) is 9.78 Å². The van der Waals surface area contributed by atoms with Gasteiger partial charge in [0.25, 0.3) is 0 Å². The molecule has 2 rings (SSSR count). The smallest absolute Gasteiger partial charge is 0.141 e. The SMILES string of the molecule is Nc1c(SI)cnn1-c1ccccc1. The maximum Gasteiger partial charge on any atom is 0.141 e. The molecule has 0 aliphatic carbocycles. The molecule has 3 nitrogen and oxygen atoms in total. The van der Waals surface area contributed by atoms with E-state index < -0.39 is 0 Å². The normalized spacial score (nSPS) is 10.4. The lowest BCUT2D eigenvalue weighted by molar-refractivity contribution is 0.891. The molecule has 0 saturated carbocycles. The minimum Gasteiger partial charge on any atom is -0.383 e. The third kappa shape index (κ3) is 1.74. The van der Waals surface area contributed by atoms with Crippen molar-refractivity contribution >= 4 is 36.0 Å². The Hall–Kier alpha value is -0.690. The summed E-state index contributed by atoms with van der Waals surface area (Å²) < 4.78 is 1.74. The molecular weight excluding hydrogens is 309 g/mol. The lowest BCUT2D eigenvalue weighted by Gasteiger charge is -2.03. The van der Waals surface area contributed by atoms with E-state index in [0.717, 1.165) is 10.6 Å². The number of aromatic nitrogens is 2. The third-order valence-electron chi connectivity index (χ3n) is 1.85. The largest absolute Gasteiger partial charge is 0.383 e. The summed E-state index contributed by atoms with van der Waals surface area (Å²) in [6, 6.07) is 9.85. The highest BCUT2D eigenvalue weighted by molar-refractivity contribution is 14.2. The zero-order chi connectivity index (χ0) is 9.97. The predicted octanol–water partition coefficient (Wildman–Crippen LogP) is 2.90. The Labute approximate surface area is 98.3 Å². The lowest BCUT2D eigenvalue weighted by atomic mass is 10.3. The van der Waals surface area contributed by atoms with Crippen LogP contribution in [0.3, 0.4) is 0 Å². The molecule has 0 bridgehead atoms. The van der Waals surface area contributed by atoms with Crippen LogP contribution < -0.4 is 5.73 Å². The van der Waals surface area contributed by atoms with E-state index in [1.165, 1.54) is 0 Å². The van der Waals surface area contributed by atoms with Crippen LogP contribution in [0.2, 0.25) is 0 Å². The Balaban J connectivity index is 2.48. The number of halogens is 1. The lowest BCUT2D eigenvalue weighted by Crippen LogP contribution is -2.01. The topological polar surface area (TPSA) is 43.8 Å². The van der Waals surface area contributed by atoms with Crippen LogP contribution in [0.1, 0.15) is 0 Å². The van der Waals surface area contributed by atoms with Crippen LogP contribution in [0.4, 0.5) is 5.82 Å². The van der Waals surface area contributed by atoms with Gasteiger partial charge in [-0.1, -0.05) is 18.2 Å². The first-order valence-electron chi connectivity index (χ1n) is 4.00. The average Bonchev–Trinajstić information content (AvgIpc) is 2.61. The van der Waals surface area contributed by atoms with E-state index >= 15 is 0 Å². The highest BCUT2D eigenvalue weighted by atomic mass is 127. The van der Waals surface area contributed by atoms with Gasteiger partial charge in [0.05, 0.1) is 16.8 Å². The fraction of sp³-hybridized carbons (Fsp3) is 0. The van der Waals surface area contributed by atoms with Crippen LogP contribution in [0, 0.1) is 0 Å². The number of nitrogen functional groups attached to an aromatic ring is 1. The van der Waals surface area contributed by atoms with E-state index in [-0.39, 0.29) is 0 Å². The Kier molecular flexibility index (Phi) is 2.97. The number of hydrogen-bond donors (Lipinski definition) is 1. The number of para-hydroxylation sites is 1. The van der Waals surface area contributed by atoms with Gasteiger partial charge < -0.3 is 5.73 Å². The number of benzene rings is 1. The second-order valence-corrected chi connectivity index (χ2v) is 4.63. The molecule has 2 N–H and O–H groups in total. The Morgan fingerprint density at radius 2 is 2.00 bits per heavy atom. The van der Waals surface area contributed by atoms with E-state index in [9.17, 15) is 0 Å². The molecule has 0 aliphatic rings. The molecule has 0 spiro atoms. The predicted molar refractivity (Wildman–Crippen MR) is 67.9 cm³/mol.